The lowest BCUT2D eigenvalue weighted by Crippen LogP contribution is -2.07. The molecule has 1 aromatic heterocycles. The number of nitrogens with two attached hydrogens (primary N) is 1. The molecule has 0 aliphatic heterocycles. The standard InChI is InChI=1S/C12H12F2N4O2/c1-19-11-16-8(17-12(18-11)20-2)5-6-3-4-7(13)9(14)10(6)15/h3-4H,5,15H2,1-2H3. The summed E-state index contributed by atoms with van der Waals surface area (Å²) in [5.41, 5.74) is 5.61. The minimum Gasteiger partial charge on any atom is -0.467 e. The maximum Gasteiger partial charge on any atom is 0.322 e. The lowest BCUT2D eigenvalue weighted by molar-refractivity contribution is 0.337. The molecule has 0 fully saturated rings. The van der Waals surface area contributed by atoms with Crippen LogP contribution in [-0.4, -0.2) is 29.2 Å². The maximum absolute atomic E-state index is 13.4. The van der Waals surface area contributed by atoms with Crippen LogP contribution in [0.2, 0.25) is 0 Å². The van der Waals surface area contributed by atoms with Crippen molar-refractivity contribution in [1.29, 1.82) is 0 Å². The van der Waals surface area contributed by atoms with E-state index < -0.39 is 11.6 Å². The van der Waals surface area contributed by atoms with E-state index >= 15 is 0 Å². The SMILES string of the molecule is COc1nc(Cc2ccc(F)c(F)c2N)nc(OC)n1. The smallest absolute Gasteiger partial charge is 0.322 e. The molecule has 0 aliphatic carbocycles. The second-order valence-electron chi connectivity index (χ2n) is 3.84. The van der Waals surface area contributed by atoms with Crippen LogP contribution in [0.4, 0.5) is 14.5 Å². The normalized spacial score (nSPS) is 10.4. The third-order valence-electron chi connectivity index (χ3n) is 2.58. The quantitative estimate of drug-likeness (QED) is 0.852. The molecule has 0 bridgehead atoms. The number of hydrogen-bond donors (Lipinski definition) is 1. The topological polar surface area (TPSA) is 83.2 Å². The van der Waals surface area contributed by atoms with Gasteiger partial charge in [-0.3, -0.25) is 0 Å². The van der Waals surface area contributed by atoms with Crippen LogP contribution in [0.1, 0.15) is 11.4 Å². The molecule has 6 nitrogen and oxygen atoms in total. The molecule has 0 amide bonds. The van der Waals surface area contributed by atoms with Gasteiger partial charge in [-0.2, -0.15) is 9.97 Å². The van der Waals surface area contributed by atoms with Crippen LogP contribution >= 0.6 is 0 Å². The summed E-state index contributed by atoms with van der Waals surface area (Å²) in [5.74, 6) is -1.82. The van der Waals surface area contributed by atoms with Gasteiger partial charge in [0.25, 0.3) is 0 Å². The van der Waals surface area contributed by atoms with Crippen LogP contribution < -0.4 is 15.2 Å². The zero-order chi connectivity index (χ0) is 14.7. The molecule has 2 aromatic rings. The fourth-order valence-electron chi connectivity index (χ4n) is 1.57. The summed E-state index contributed by atoms with van der Waals surface area (Å²) >= 11 is 0. The van der Waals surface area contributed by atoms with Gasteiger partial charge in [-0.1, -0.05) is 6.07 Å². The van der Waals surface area contributed by atoms with Crippen LogP contribution in [0, 0.1) is 11.6 Å². The molecule has 2 N–H and O–H groups in total. The van der Waals surface area contributed by atoms with Crippen molar-refractivity contribution in [3.8, 4) is 12.0 Å². The van der Waals surface area contributed by atoms with Gasteiger partial charge >= 0.3 is 12.0 Å². The second-order valence-corrected chi connectivity index (χ2v) is 3.84. The minimum atomic E-state index is -1.09. The monoisotopic (exact) mass is 282 g/mol. The van der Waals surface area contributed by atoms with E-state index in [0.29, 0.717) is 5.56 Å². The molecule has 0 saturated carbocycles. The first kappa shape index (κ1) is 13.9. The number of benzene rings is 1. The molecule has 0 atom stereocenters. The molecule has 0 unspecified atom stereocenters. The van der Waals surface area contributed by atoms with Crippen LogP contribution in [0.15, 0.2) is 12.1 Å². The van der Waals surface area contributed by atoms with Crippen LogP contribution in [0.3, 0.4) is 0 Å². The number of nitrogen functional groups attached to an aromatic ring is 1. The molecule has 0 spiro atoms. The molecule has 0 radical (unpaired) electrons. The maximum atomic E-state index is 13.4. The van der Waals surface area contributed by atoms with Crippen LogP contribution in [0.25, 0.3) is 0 Å². The first-order valence-electron chi connectivity index (χ1n) is 5.60. The second kappa shape index (κ2) is 5.64. The molecule has 106 valence electrons. The Balaban J connectivity index is 2.37. The van der Waals surface area contributed by atoms with Gasteiger partial charge in [-0.25, -0.2) is 8.78 Å². The van der Waals surface area contributed by atoms with E-state index in [2.05, 4.69) is 15.0 Å². The molecular formula is C12H12F2N4O2. The van der Waals surface area contributed by atoms with Crippen molar-refractivity contribution < 1.29 is 18.3 Å². The van der Waals surface area contributed by atoms with Crippen molar-refractivity contribution >= 4 is 5.69 Å². The summed E-state index contributed by atoms with van der Waals surface area (Å²) in [5, 5.41) is 0. The number of aromatic nitrogens is 3. The van der Waals surface area contributed by atoms with Gasteiger partial charge in [-0.05, 0) is 11.6 Å². The van der Waals surface area contributed by atoms with Gasteiger partial charge in [0, 0.05) is 6.42 Å². The van der Waals surface area contributed by atoms with Crippen molar-refractivity contribution in [2.75, 3.05) is 20.0 Å². The van der Waals surface area contributed by atoms with E-state index in [4.69, 9.17) is 15.2 Å². The predicted molar refractivity (Wildman–Crippen MR) is 66.5 cm³/mol. The fraction of sp³-hybridized carbons (Fsp3) is 0.250. The first-order valence-corrected chi connectivity index (χ1v) is 5.60. The molecule has 8 heteroatoms. The zero-order valence-electron chi connectivity index (χ0n) is 10.9. The summed E-state index contributed by atoms with van der Waals surface area (Å²) in [6, 6.07) is 2.49. The summed E-state index contributed by atoms with van der Waals surface area (Å²) < 4.78 is 36.2. The Bertz CT molecular complexity index is 615. The van der Waals surface area contributed by atoms with E-state index in [-0.39, 0.29) is 30.0 Å². The fourth-order valence-corrected chi connectivity index (χ4v) is 1.57. The lowest BCUT2D eigenvalue weighted by atomic mass is 10.1. The number of rotatable bonds is 4. The van der Waals surface area contributed by atoms with Gasteiger partial charge in [0.1, 0.15) is 5.82 Å². The summed E-state index contributed by atoms with van der Waals surface area (Å²) in [6.45, 7) is 0. The van der Waals surface area contributed by atoms with E-state index in [1.807, 2.05) is 0 Å². The summed E-state index contributed by atoms with van der Waals surface area (Å²) in [4.78, 5) is 11.8. The Morgan fingerprint density at radius 1 is 1.05 bits per heavy atom. The highest BCUT2D eigenvalue weighted by molar-refractivity contribution is 5.49. The van der Waals surface area contributed by atoms with Crippen molar-refractivity contribution in [2.24, 2.45) is 0 Å². The molecule has 0 aliphatic rings. The van der Waals surface area contributed by atoms with Gasteiger partial charge < -0.3 is 15.2 Å². The number of ether oxygens (including phenoxy) is 2. The highest BCUT2D eigenvalue weighted by Gasteiger charge is 2.14. The Labute approximate surface area is 113 Å². The Morgan fingerprint density at radius 2 is 1.65 bits per heavy atom. The van der Waals surface area contributed by atoms with Crippen molar-refractivity contribution in [3.05, 3.63) is 35.2 Å². The van der Waals surface area contributed by atoms with Gasteiger partial charge in [-0.15, -0.1) is 4.98 Å². The average molecular weight is 282 g/mol. The molecule has 2 rings (SSSR count). The molecule has 1 heterocycles. The average Bonchev–Trinajstić information content (AvgIpc) is 2.47. The number of nitrogens with zero attached hydrogens (tertiary/aromatic N) is 3. The van der Waals surface area contributed by atoms with Gasteiger partial charge in [0.05, 0.1) is 19.9 Å². The lowest BCUT2D eigenvalue weighted by Gasteiger charge is -2.08. The molecule has 0 saturated heterocycles. The Morgan fingerprint density at radius 3 is 2.20 bits per heavy atom. The van der Waals surface area contributed by atoms with E-state index in [9.17, 15) is 8.78 Å². The third-order valence-corrected chi connectivity index (χ3v) is 2.58. The van der Waals surface area contributed by atoms with Crippen LogP contribution in [-0.2, 0) is 6.42 Å². The van der Waals surface area contributed by atoms with Crippen LogP contribution in [0.5, 0.6) is 12.0 Å². The first-order chi connectivity index (χ1) is 9.55. The van der Waals surface area contributed by atoms with Gasteiger partial charge in [0.15, 0.2) is 11.6 Å². The molecule has 1 aromatic carbocycles. The summed E-state index contributed by atoms with van der Waals surface area (Å²) in [7, 11) is 2.79. The highest BCUT2D eigenvalue weighted by atomic mass is 19.2. The van der Waals surface area contributed by atoms with E-state index in [1.54, 1.807) is 0 Å². The predicted octanol–water partition coefficient (Wildman–Crippen LogP) is 1.34. The number of halogens is 2. The third kappa shape index (κ3) is 2.73. The Kier molecular flexibility index (Phi) is 3.92. The Hall–Kier alpha value is -2.51. The zero-order valence-corrected chi connectivity index (χ0v) is 10.9. The number of hydrogen-bond acceptors (Lipinski definition) is 6. The summed E-state index contributed by atoms with van der Waals surface area (Å²) in [6.07, 6.45) is 0.0955. The highest BCUT2D eigenvalue weighted by Crippen LogP contribution is 2.22. The molecular weight excluding hydrogens is 270 g/mol. The minimum absolute atomic E-state index is 0.0630. The van der Waals surface area contributed by atoms with Crippen molar-refractivity contribution in [3.63, 3.8) is 0 Å². The van der Waals surface area contributed by atoms with E-state index in [1.165, 1.54) is 20.3 Å². The van der Waals surface area contributed by atoms with E-state index in [0.717, 1.165) is 6.07 Å². The van der Waals surface area contributed by atoms with Crippen molar-refractivity contribution in [2.45, 2.75) is 6.42 Å². The van der Waals surface area contributed by atoms with Crippen molar-refractivity contribution in [1.82, 2.24) is 15.0 Å². The van der Waals surface area contributed by atoms with Gasteiger partial charge in [0.2, 0.25) is 0 Å². The largest absolute Gasteiger partial charge is 0.467 e. The number of anilines is 1. The number of methoxy groups -OCH3 is 2. The molecule has 20 heavy (non-hydrogen) atoms.